The van der Waals surface area contributed by atoms with Gasteiger partial charge in [-0.1, -0.05) is 54.1 Å². The van der Waals surface area contributed by atoms with Crippen LogP contribution >= 0.6 is 11.6 Å². The van der Waals surface area contributed by atoms with Crippen LogP contribution in [0.3, 0.4) is 0 Å². The van der Waals surface area contributed by atoms with E-state index in [0.29, 0.717) is 23.5 Å². The summed E-state index contributed by atoms with van der Waals surface area (Å²) in [7, 11) is 0. The maximum Gasteiger partial charge on any atom is 0.227 e. The molecule has 2 aromatic carbocycles. The van der Waals surface area contributed by atoms with Crippen LogP contribution in [0.5, 0.6) is 0 Å². The van der Waals surface area contributed by atoms with Gasteiger partial charge in [-0.25, -0.2) is 0 Å². The lowest BCUT2D eigenvalue weighted by molar-refractivity contribution is -0.134. The van der Waals surface area contributed by atoms with Gasteiger partial charge in [0.05, 0.1) is 6.42 Å². The third-order valence-corrected chi connectivity index (χ3v) is 5.48. The molecule has 1 heterocycles. The molecule has 0 N–H and O–H groups in total. The van der Waals surface area contributed by atoms with Gasteiger partial charge in [-0.05, 0) is 43.5 Å². The van der Waals surface area contributed by atoms with Crippen molar-refractivity contribution < 1.29 is 4.79 Å². The summed E-state index contributed by atoms with van der Waals surface area (Å²) in [5.41, 5.74) is 2.39. The summed E-state index contributed by atoms with van der Waals surface area (Å²) in [6.07, 6.45) is 1.49. The van der Waals surface area contributed by atoms with Crippen molar-refractivity contribution in [1.29, 1.82) is 0 Å². The van der Waals surface area contributed by atoms with E-state index in [1.165, 1.54) is 5.56 Å². The molecular weight excluding hydrogens is 344 g/mol. The van der Waals surface area contributed by atoms with Crippen LogP contribution in [0, 0.1) is 0 Å². The summed E-state index contributed by atoms with van der Waals surface area (Å²) in [5, 5.41) is 0.704. The van der Waals surface area contributed by atoms with E-state index >= 15 is 0 Å². The van der Waals surface area contributed by atoms with Crippen molar-refractivity contribution in [3.63, 3.8) is 0 Å². The first kappa shape index (κ1) is 18.9. The molecule has 2 aromatic rings. The quantitative estimate of drug-likeness (QED) is 0.792. The predicted octanol–water partition coefficient (Wildman–Crippen LogP) is 4.05. The highest BCUT2D eigenvalue weighted by atomic mass is 35.5. The van der Waals surface area contributed by atoms with Crippen molar-refractivity contribution in [2.75, 3.05) is 19.6 Å². The van der Waals surface area contributed by atoms with E-state index in [1.807, 2.05) is 29.2 Å². The second kappa shape index (κ2) is 8.70. The summed E-state index contributed by atoms with van der Waals surface area (Å²) in [6.45, 7) is 7.08. The number of carbonyl (C=O) groups excluding carboxylic acids is 1. The van der Waals surface area contributed by atoms with Crippen LogP contribution in [0.1, 0.15) is 25.0 Å². The minimum Gasteiger partial charge on any atom is -0.339 e. The molecule has 2 unspecified atom stereocenters. The first-order valence-electron chi connectivity index (χ1n) is 9.35. The van der Waals surface area contributed by atoms with Crippen LogP contribution < -0.4 is 0 Å². The van der Waals surface area contributed by atoms with Gasteiger partial charge in [0.15, 0.2) is 0 Å². The van der Waals surface area contributed by atoms with E-state index < -0.39 is 0 Å². The lowest BCUT2D eigenvalue weighted by Crippen LogP contribution is -2.58. The van der Waals surface area contributed by atoms with Crippen LogP contribution in [0.25, 0.3) is 0 Å². The summed E-state index contributed by atoms with van der Waals surface area (Å²) < 4.78 is 0. The average Bonchev–Trinajstić information content (AvgIpc) is 2.63. The lowest BCUT2D eigenvalue weighted by atomic mass is 10.0. The molecule has 3 rings (SSSR count). The van der Waals surface area contributed by atoms with Crippen LogP contribution in [-0.2, 0) is 17.6 Å². The van der Waals surface area contributed by atoms with E-state index in [4.69, 9.17) is 11.6 Å². The highest BCUT2D eigenvalue weighted by molar-refractivity contribution is 6.30. The molecule has 3 nitrogen and oxygen atoms in total. The monoisotopic (exact) mass is 370 g/mol. The van der Waals surface area contributed by atoms with Gasteiger partial charge >= 0.3 is 0 Å². The van der Waals surface area contributed by atoms with Crippen molar-refractivity contribution in [2.24, 2.45) is 0 Å². The molecule has 0 radical (unpaired) electrons. The summed E-state index contributed by atoms with van der Waals surface area (Å²) in [4.78, 5) is 17.2. The van der Waals surface area contributed by atoms with Gasteiger partial charge in [0.2, 0.25) is 5.91 Å². The Morgan fingerprint density at radius 2 is 1.58 bits per heavy atom. The number of hydrogen-bond acceptors (Lipinski definition) is 2. The molecule has 1 fully saturated rings. The zero-order chi connectivity index (χ0) is 18.5. The van der Waals surface area contributed by atoms with Crippen LogP contribution in [0.2, 0.25) is 5.02 Å². The van der Waals surface area contributed by atoms with Crippen molar-refractivity contribution >= 4 is 17.5 Å². The van der Waals surface area contributed by atoms with Gasteiger partial charge in [-0.2, -0.15) is 0 Å². The number of rotatable bonds is 5. The van der Waals surface area contributed by atoms with Crippen molar-refractivity contribution in [3.05, 3.63) is 70.7 Å². The molecule has 1 saturated heterocycles. The molecule has 1 amide bonds. The molecule has 26 heavy (non-hydrogen) atoms. The van der Waals surface area contributed by atoms with Gasteiger partial charge in [0.25, 0.3) is 0 Å². The van der Waals surface area contributed by atoms with E-state index in [1.54, 1.807) is 0 Å². The average molecular weight is 371 g/mol. The van der Waals surface area contributed by atoms with Crippen LogP contribution in [0.15, 0.2) is 54.6 Å². The van der Waals surface area contributed by atoms with Crippen molar-refractivity contribution in [1.82, 2.24) is 9.80 Å². The molecule has 138 valence electrons. The van der Waals surface area contributed by atoms with Gasteiger partial charge in [0.1, 0.15) is 0 Å². The molecule has 4 heteroatoms. The Morgan fingerprint density at radius 1 is 0.962 bits per heavy atom. The second-order valence-electron chi connectivity index (χ2n) is 7.27. The molecule has 0 bridgehead atoms. The minimum atomic E-state index is 0.203. The molecule has 0 spiro atoms. The first-order chi connectivity index (χ1) is 12.5. The number of halogens is 1. The number of nitrogens with zero attached hydrogens (tertiary/aromatic N) is 2. The van der Waals surface area contributed by atoms with Crippen molar-refractivity contribution in [2.45, 2.75) is 38.8 Å². The smallest absolute Gasteiger partial charge is 0.227 e. The minimum absolute atomic E-state index is 0.203. The van der Waals surface area contributed by atoms with Crippen molar-refractivity contribution in [3.8, 4) is 0 Å². The number of amides is 1. The zero-order valence-electron chi connectivity index (χ0n) is 15.6. The first-order valence-corrected chi connectivity index (χ1v) is 9.72. The number of piperazine rings is 1. The molecule has 0 aliphatic carbocycles. The van der Waals surface area contributed by atoms with Gasteiger partial charge in [-0.3, -0.25) is 9.69 Å². The Balaban J connectivity index is 1.55. The van der Waals surface area contributed by atoms with Crippen LogP contribution in [0.4, 0.5) is 0 Å². The van der Waals surface area contributed by atoms with Crippen LogP contribution in [-0.4, -0.2) is 47.4 Å². The Kier molecular flexibility index (Phi) is 6.33. The normalized spacial score (nSPS) is 21.0. The molecule has 0 aromatic heterocycles. The highest BCUT2D eigenvalue weighted by Crippen LogP contribution is 2.18. The lowest BCUT2D eigenvalue weighted by Gasteiger charge is -2.44. The SMILES string of the molecule is CC1CN(C(=O)Cc2ccc(Cl)cc2)CC(C)N1CCc1ccccc1. The number of benzene rings is 2. The molecule has 0 saturated carbocycles. The fourth-order valence-electron chi connectivity index (χ4n) is 3.79. The summed E-state index contributed by atoms with van der Waals surface area (Å²) in [5.74, 6) is 0.203. The summed E-state index contributed by atoms with van der Waals surface area (Å²) in [6, 6.07) is 18.9. The fraction of sp³-hybridized carbons (Fsp3) is 0.409. The standard InChI is InChI=1S/C22H27ClN2O/c1-17-15-24(22(26)14-20-8-10-21(23)11-9-20)16-18(2)25(17)13-12-19-6-4-3-5-7-19/h3-11,17-18H,12-16H2,1-2H3. The molecular formula is C22H27ClN2O. The largest absolute Gasteiger partial charge is 0.339 e. The second-order valence-corrected chi connectivity index (χ2v) is 7.71. The number of carbonyl (C=O) groups is 1. The van der Waals surface area contributed by atoms with E-state index in [9.17, 15) is 4.79 Å². The number of hydrogen-bond donors (Lipinski definition) is 0. The molecule has 1 aliphatic rings. The van der Waals surface area contributed by atoms with E-state index in [2.05, 4.69) is 49.1 Å². The fourth-order valence-corrected chi connectivity index (χ4v) is 3.92. The zero-order valence-corrected chi connectivity index (χ0v) is 16.3. The maximum absolute atomic E-state index is 12.7. The third-order valence-electron chi connectivity index (χ3n) is 5.22. The Morgan fingerprint density at radius 3 is 2.19 bits per heavy atom. The Bertz CT molecular complexity index is 705. The highest BCUT2D eigenvalue weighted by Gasteiger charge is 2.31. The van der Waals surface area contributed by atoms with E-state index in [-0.39, 0.29) is 5.91 Å². The Labute approximate surface area is 161 Å². The maximum atomic E-state index is 12.7. The van der Waals surface area contributed by atoms with Gasteiger partial charge in [-0.15, -0.1) is 0 Å². The van der Waals surface area contributed by atoms with Gasteiger partial charge in [0, 0.05) is 36.7 Å². The Hall–Kier alpha value is -1.84. The van der Waals surface area contributed by atoms with Gasteiger partial charge < -0.3 is 4.90 Å². The molecule has 1 aliphatic heterocycles. The summed E-state index contributed by atoms with van der Waals surface area (Å²) >= 11 is 5.92. The predicted molar refractivity (Wildman–Crippen MR) is 108 cm³/mol. The van der Waals surface area contributed by atoms with E-state index in [0.717, 1.165) is 31.6 Å². The topological polar surface area (TPSA) is 23.6 Å². The molecule has 2 atom stereocenters. The third kappa shape index (κ3) is 4.87.